The molecular weight excluding hydrogens is 180 g/mol. The third-order valence-electron chi connectivity index (χ3n) is 1.35. The Morgan fingerprint density at radius 1 is 1.45 bits per heavy atom. The van der Waals surface area contributed by atoms with Crippen molar-refractivity contribution in [3.63, 3.8) is 0 Å². The molecular formula is C6H4N2OS2. The monoisotopic (exact) mass is 184 g/mol. The predicted molar refractivity (Wildman–Crippen MR) is 47.6 cm³/mol. The van der Waals surface area contributed by atoms with Gasteiger partial charge in [-0.15, -0.1) is 11.3 Å². The highest BCUT2D eigenvalue weighted by atomic mass is 32.1. The van der Waals surface area contributed by atoms with Crippen LogP contribution in [0.1, 0.15) is 0 Å². The average Bonchev–Trinajstić information content (AvgIpc) is 2.34. The second-order valence-electron chi connectivity index (χ2n) is 2.07. The van der Waals surface area contributed by atoms with Crippen LogP contribution >= 0.6 is 23.6 Å². The quantitative estimate of drug-likeness (QED) is 0.611. The van der Waals surface area contributed by atoms with E-state index in [9.17, 15) is 4.79 Å². The van der Waals surface area contributed by atoms with Gasteiger partial charge in [-0.05, 0) is 23.7 Å². The summed E-state index contributed by atoms with van der Waals surface area (Å²) in [4.78, 5) is 16.5. The van der Waals surface area contributed by atoms with E-state index in [2.05, 4.69) is 9.97 Å². The summed E-state index contributed by atoms with van der Waals surface area (Å²) in [7, 11) is 0. The minimum absolute atomic E-state index is 0.112. The number of rotatable bonds is 0. The van der Waals surface area contributed by atoms with Gasteiger partial charge in [0, 0.05) is 0 Å². The van der Waals surface area contributed by atoms with E-state index in [1.54, 1.807) is 0 Å². The van der Waals surface area contributed by atoms with Crippen LogP contribution in [-0.2, 0) is 0 Å². The van der Waals surface area contributed by atoms with Gasteiger partial charge < -0.3 is 4.98 Å². The molecule has 0 spiro atoms. The van der Waals surface area contributed by atoms with Gasteiger partial charge in [-0.2, -0.15) is 0 Å². The zero-order chi connectivity index (χ0) is 7.84. The van der Waals surface area contributed by atoms with E-state index in [4.69, 9.17) is 12.2 Å². The van der Waals surface area contributed by atoms with Crippen LogP contribution in [0.25, 0.3) is 10.2 Å². The van der Waals surface area contributed by atoms with Crippen molar-refractivity contribution < 1.29 is 0 Å². The third-order valence-corrected chi connectivity index (χ3v) is 2.46. The molecule has 0 saturated heterocycles. The number of nitrogens with one attached hydrogen (secondary N) is 2. The van der Waals surface area contributed by atoms with Crippen molar-refractivity contribution in [3.05, 3.63) is 26.6 Å². The summed E-state index contributed by atoms with van der Waals surface area (Å²) in [5.74, 6) is 0. The SMILES string of the molecule is O=c1[nH]c(=S)[nH]c2ccsc12. The van der Waals surface area contributed by atoms with E-state index in [0.29, 0.717) is 9.47 Å². The number of fused-ring (bicyclic) bond motifs is 1. The molecule has 0 aliphatic heterocycles. The van der Waals surface area contributed by atoms with Crippen molar-refractivity contribution in [2.45, 2.75) is 0 Å². The lowest BCUT2D eigenvalue weighted by molar-refractivity contribution is 1.15. The van der Waals surface area contributed by atoms with Crippen LogP contribution in [0.4, 0.5) is 0 Å². The van der Waals surface area contributed by atoms with Crippen molar-refractivity contribution in [1.82, 2.24) is 9.97 Å². The first-order chi connectivity index (χ1) is 5.27. The first-order valence-electron chi connectivity index (χ1n) is 2.97. The molecule has 2 aromatic rings. The van der Waals surface area contributed by atoms with Gasteiger partial charge in [-0.25, -0.2) is 0 Å². The topological polar surface area (TPSA) is 48.6 Å². The Kier molecular flexibility index (Phi) is 1.40. The molecule has 0 aromatic carbocycles. The van der Waals surface area contributed by atoms with Gasteiger partial charge in [0.2, 0.25) is 0 Å². The van der Waals surface area contributed by atoms with Crippen LogP contribution in [-0.4, -0.2) is 9.97 Å². The summed E-state index contributed by atoms with van der Waals surface area (Å²) in [6.45, 7) is 0. The second kappa shape index (κ2) is 2.28. The molecule has 0 atom stereocenters. The lowest BCUT2D eigenvalue weighted by atomic mass is 10.5. The first kappa shape index (κ1) is 6.75. The van der Waals surface area contributed by atoms with E-state index in [-0.39, 0.29) is 5.56 Å². The summed E-state index contributed by atoms with van der Waals surface area (Å²) < 4.78 is 1.07. The van der Waals surface area contributed by atoms with Crippen LogP contribution in [0.2, 0.25) is 0 Å². The third kappa shape index (κ3) is 1.02. The van der Waals surface area contributed by atoms with E-state index < -0.39 is 0 Å². The van der Waals surface area contributed by atoms with E-state index >= 15 is 0 Å². The maximum Gasteiger partial charge on any atom is 0.269 e. The van der Waals surface area contributed by atoms with E-state index in [1.165, 1.54) is 11.3 Å². The molecule has 0 unspecified atom stereocenters. The molecule has 2 aromatic heterocycles. The number of thiophene rings is 1. The highest BCUT2D eigenvalue weighted by molar-refractivity contribution is 7.71. The molecule has 0 aliphatic carbocycles. The van der Waals surface area contributed by atoms with Crippen LogP contribution in [0.5, 0.6) is 0 Å². The Labute approximate surface area is 70.7 Å². The molecule has 3 nitrogen and oxygen atoms in total. The Morgan fingerprint density at radius 3 is 3.09 bits per heavy atom. The second-order valence-corrected chi connectivity index (χ2v) is 3.40. The number of aromatic amines is 2. The molecule has 0 fully saturated rings. The fraction of sp³-hybridized carbons (Fsp3) is 0. The zero-order valence-corrected chi connectivity index (χ0v) is 7.01. The normalized spacial score (nSPS) is 10.5. The molecule has 0 radical (unpaired) electrons. The van der Waals surface area contributed by atoms with Crippen LogP contribution in [0.3, 0.4) is 0 Å². The van der Waals surface area contributed by atoms with Crippen molar-refractivity contribution in [2.24, 2.45) is 0 Å². The zero-order valence-electron chi connectivity index (χ0n) is 5.38. The molecule has 2 rings (SSSR count). The van der Waals surface area contributed by atoms with Gasteiger partial charge in [0.25, 0.3) is 5.56 Å². The van der Waals surface area contributed by atoms with E-state index in [0.717, 1.165) is 5.52 Å². The fourth-order valence-electron chi connectivity index (χ4n) is 0.897. The molecule has 5 heteroatoms. The summed E-state index contributed by atoms with van der Waals surface area (Å²) in [6.07, 6.45) is 0. The lowest BCUT2D eigenvalue weighted by Gasteiger charge is -1.86. The maximum absolute atomic E-state index is 11.1. The van der Waals surface area contributed by atoms with Gasteiger partial charge in [-0.1, -0.05) is 0 Å². The lowest BCUT2D eigenvalue weighted by Crippen LogP contribution is -2.04. The number of hydrogen-bond donors (Lipinski definition) is 2. The minimum atomic E-state index is -0.112. The van der Waals surface area contributed by atoms with Crippen molar-refractivity contribution >= 4 is 33.8 Å². The van der Waals surface area contributed by atoms with Crippen molar-refractivity contribution in [1.29, 1.82) is 0 Å². The molecule has 0 amide bonds. The smallest absolute Gasteiger partial charge is 0.269 e. The molecule has 0 bridgehead atoms. The van der Waals surface area contributed by atoms with Crippen LogP contribution in [0.15, 0.2) is 16.2 Å². The molecule has 2 N–H and O–H groups in total. The minimum Gasteiger partial charge on any atom is -0.331 e. The average molecular weight is 184 g/mol. The fourth-order valence-corrected chi connectivity index (χ4v) is 1.84. The Balaban J connectivity index is 3.15. The van der Waals surface area contributed by atoms with Gasteiger partial charge >= 0.3 is 0 Å². The molecule has 11 heavy (non-hydrogen) atoms. The van der Waals surface area contributed by atoms with Gasteiger partial charge in [0.1, 0.15) is 4.70 Å². The number of hydrogen-bond acceptors (Lipinski definition) is 3. The summed E-state index contributed by atoms with van der Waals surface area (Å²) >= 11 is 6.19. The number of aromatic nitrogens is 2. The van der Waals surface area contributed by atoms with Crippen LogP contribution in [0, 0.1) is 4.77 Å². The Bertz CT molecular complexity index is 493. The Hall–Kier alpha value is -0.940. The summed E-state index contributed by atoms with van der Waals surface area (Å²) in [5, 5.41) is 1.85. The predicted octanol–water partition coefficient (Wildman–Crippen LogP) is 1.65. The molecule has 56 valence electrons. The van der Waals surface area contributed by atoms with Crippen molar-refractivity contribution in [3.8, 4) is 0 Å². The highest BCUT2D eigenvalue weighted by Gasteiger charge is 1.97. The first-order valence-corrected chi connectivity index (χ1v) is 4.26. The molecule has 0 saturated carbocycles. The maximum atomic E-state index is 11.1. The van der Waals surface area contributed by atoms with Crippen molar-refractivity contribution in [2.75, 3.05) is 0 Å². The number of H-pyrrole nitrogens is 2. The summed E-state index contributed by atoms with van der Waals surface area (Å²) in [5.41, 5.74) is 0.697. The van der Waals surface area contributed by atoms with Gasteiger partial charge in [0.05, 0.1) is 5.52 Å². The van der Waals surface area contributed by atoms with Gasteiger partial charge in [0.15, 0.2) is 4.77 Å². The summed E-state index contributed by atoms with van der Waals surface area (Å²) in [6, 6.07) is 1.84. The largest absolute Gasteiger partial charge is 0.331 e. The molecule has 0 aliphatic rings. The Morgan fingerprint density at radius 2 is 2.27 bits per heavy atom. The standard InChI is InChI=1S/C6H4N2OS2/c9-5-4-3(1-2-11-4)7-6(10)8-5/h1-2H,(H2,7,8,9,10). The van der Waals surface area contributed by atoms with E-state index in [1.807, 2.05) is 11.4 Å². The van der Waals surface area contributed by atoms with Gasteiger partial charge in [-0.3, -0.25) is 9.78 Å². The molecule has 2 heterocycles. The van der Waals surface area contributed by atoms with Crippen LogP contribution < -0.4 is 5.56 Å². The highest BCUT2D eigenvalue weighted by Crippen LogP contribution is 2.12.